The minimum absolute atomic E-state index is 0.0895. The second kappa shape index (κ2) is 7.19. The molecule has 5 nitrogen and oxygen atoms in total. The van der Waals surface area contributed by atoms with Crippen LogP contribution in [0.3, 0.4) is 0 Å². The van der Waals surface area contributed by atoms with Crippen LogP contribution in [0.4, 0.5) is 0 Å². The first-order valence-corrected chi connectivity index (χ1v) is 8.99. The van der Waals surface area contributed by atoms with Crippen molar-refractivity contribution in [1.82, 2.24) is 4.90 Å². The van der Waals surface area contributed by atoms with Crippen molar-refractivity contribution in [2.75, 3.05) is 0 Å². The van der Waals surface area contributed by atoms with E-state index in [9.17, 15) is 14.7 Å². The van der Waals surface area contributed by atoms with Gasteiger partial charge in [-0.3, -0.25) is 9.59 Å². The van der Waals surface area contributed by atoms with Crippen molar-refractivity contribution in [3.05, 3.63) is 101 Å². The van der Waals surface area contributed by atoms with Gasteiger partial charge in [0.1, 0.15) is 11.5 Å². The van der Waals surface area contributed by atoms with Crippen molar-refractivity contribution in [3.63, 3.8) is 0 Å². The number of aryl methyl sites for hydroxylation is 1. The van der Waals surface area contributed by atoms with Crippen molar-refractivity contribution in [2.24, 2.45) is 0 Å². The van der Waals surface area contributed by atoms with Crippen LogP contribution in [0.25, 0.3) is 5.76 Å². The van der Waals surface area contributed by atoms with Gasteiger partial charge in [-0.05, 0) is 24.6 Å². The van der Waals surface area contributed by atoms with Crippen LogP contribution in [-0.4, -0.2) is 21.7 Å². The summed E-state index contributed by atoms with van der Waals surface area (Å²) in [7, 11) is 0. The van der Waals surface area contributed by atoms with E-state index in [0.717, 1.165) is 11.1 Å². The zero-order chi connectivity index (χ0) is 19.7. The summed E-state index contributed by atoms with van der Waals surface area (Å²) in [5.41, 5.74) is 2.41. The summed E-state index contributed by atoms with van der Waals surface area (Å²) in [6, 6.07) is 19.2. The molecule has 0 bridgehead atoms. The summed E-state index contributed by atoms with van der Waals surface area (Å²) < 4.78 is 5.38. The van der Waals surface area contributed by atoms with Crippen molar-refractivity contribution in [1.29, 1.82) is 0 Å². The first-order chi connectivity index (χ1) is 13.6. The molecule has 1 fully saturated rings. The molecule has 28 heavy (non-hydrogen) atoms. The van der Waals surface area contributed by atoms with E-state index in [1.165, 1.54) is 11.2 Å². The van der Waals surface area contributed by atoms with E-state index in [1.54, 1.807) is 36.4 Å². The maximum atomic E-state index is 12.9. The van der Waals surface area contributed by atoms with Crippen molar-refractivity contribution in [3.8, 4) is 0 Å². The zero-order valence-corrected chi connectivity index (χ0v) is 15.3. The fourth-order valence-corrected chi connectivity index (χ4v) is 3.46. The van der Waals surface area contributed by atoms with Crippen LogP contribution in [0.15, 0.2) is 83.0 Å². The Labute approximate surface area is 162 Å². The van der Waals surface area contributed by atoms with Gasteiger partial charge in [0.15, 0.2) is 0 Å². The molecular weight excluding hydrogens is 354 g/mol. The summed E-state index contributed by atoms with van der Waals surface area (Å²) in [5.74, 6) is -0.955. The Bertz CT molecular complexity index is 1030. The molecule has 1 aliphatic heterocycles. The summed E-state index contributed by atoms with van der Waals surface area (Å²) in [6.45, 7) is 2.11. The number of hydrogen-bond donors (Lipinski definition) is 1. The summed E-state index contributed by atoms with van der Waals surface area (Å²) in [6.07, 6.45) is 1.52. The summed E-state index contributed by atoms with van der Waals surface area (Å²) in [4.78, 5) is 27.1. The Hall–Kier alpha value is -3.60. The number of furan rings is 1. The lowest BCUT2D eigenvalue weighted by Gasteiger charge is -2.24. The molecule has 1 atom stereocenters. The van der Waals surface area contributed by atoms with E-state index in [2.05, 4.69) is 0 Å². The van der Waals surface area contributed by atoms with Gasteiger partial charge in [-0.2, -0.15) is 0 Å². The molecule has 2 heterocycles. The number of aliphatic hydroxyl groups is 1. The van der Waals surface area contributed by atoms with Gasteiger partial charge < -0.3 is 14.4 Å². The first kappa shape index (κ1) is 17.8. The number of aliphatic hydroxyl groups excluding tert-OH is 1. The van der Waals surface area contributed by atoms with Crippen LogP contribution >= 0.6 is 0 Å². The molecule has 1 aliphatic rings. The normalized spacial score (nSPS) is 18.6. The van der Waals surface area contributed by atoms with Crippen LogP contribution in [0, 0.1) is 6.92 Å². The SMILES string of the molecule is Cc1ccc([C@@H]2C(=C(O)c3ccccc3)C(=O)C(=O)N2Cc2ccco2)cc1. The molecule has 5 heteroatoms. The lowest BCUT2D eigenvalue weighted by atomic mass is 9.95. The molecule has 1 saturated heterocycles. The number of amides is 1. The molecule has 1 amide bonds. The fraction of sp³-hybridized carbons (Fsp3) is 0.130. The summed E-state index contributed by atoms with van der Waals surface area (Å²) in [5, 5.41) is 10.9. The quantitative estimate of drug-likeness (QED) is 0.422. The van der Waals surface area contributed by atoms with Gasteiger partial charge in [0, 0.05) is 5.56 Å². The van der Waals surface area contributed by atoms with Crippen LogP contribution < -0.4 is 0 Å². The molecule has 0 unspecified atom stereocenters. The molecule has 0 saturated carbocycles. The molecule has 2 aromatic carbocycles. The highest BCUT2D eigenvalue weighted by Gasteiger charge is 2.46. The predicted molar refractivity (Wildman–Crippen MR) is 104 cm³/mol. The molecule has 1 aromatic heterocycles. The fourth-order valence-electron chi connectivity index (χ4n) is 3.46. The predicted octanol–water partition coefficient (Wildman–Crippen LogP) is 4.21. The van der Waals surface area contributed by atoms with E-state index in [0.29, 0.717) is 11.3 Å². The highest BCUT2D eigenvalue weighted by molar-refractivity contribution is 6.46. The van der Waals surface area contributed by atoms with Gasteiger partial charge in [0.25, 0.3) is 11.7 Å². The highest BCUT2D eigenvalue weighted by atomic mass is 16.3. The van der Waals surface area contributed by atoms with Crippen molar-refractivity contribution >= 4 is 17.4 Å². The molecule has 0 spiro atoms. The third-order valence-corrected chi connectivity index (χ3v) is 4.89. The minimum atomic E-state index is -0.696. The van der Waals surface area contributed by atoms with Crippen molar-refractivity contribution < 1.29 is 19.1 Å². The largest absolute Gasteiger partial charge is 0.507 e. The smallest absolute Gasteiger partial charge is 0.296 e. The monoisotopic (exact) mass is 373 g/mol. The Balaban J connectivity index is 1.86. The molecule has 1 N–H and O–H groups in total. The van der Waals surface area contributed by atoms with Crippen molar-refractivity contribution in [2.45, 2.75) is 19.5 Å². The molecule has 0 aliphatic carbocycles. The van der Waals surface area contributed by atoms with Gasteiger partial charge in [-0.25, -0.2) is 0 Å². The number of carbonyl (C=O) groups is 2. The Morgan fingerprint density at radius 3 is 2.36 bits per heavy atom. The first-order valence-electron chi connectivity index (χ1n) is 8.99. The Morgan fingerprint density at radius 2 is 1.71 bits per heavy atom. The van der Waals surface area contributed by atoms with Crippen LogP contribution in [0.5, 0.6) is 0 Å². The van der Waals surface area contributed by atoms with E-state index < -0.39 is 17.7 Å². The van der Waals surface area contributed by atoms with Crippen LogP contribution in [0.1, 0.15) is 28.5 Å². The maximum Gasteiger partial charge on any atom is 0.296 e. The molecule has 3 aromatic rings. The average molecular weight is 373 g/mol. The second-order valence-electron chi connectivity index (χ2n) is 6.78. The maximum absolute atomic E-state index is 12.9. The average Bonchev–Trinajstić information content (AvgIpc) is 3.31. The number of carbonyl (C=O) groups excluding carboxylic acids is 2. The van der Waals surface area contributed by atoms with Gasteiger partial charge in [0.2, 0.25) is 0 Å². The topological polar surface area (TPSA) is 70.8 Å². The zero-order valence-electron chi connectivity index (χ0n) is 15.3. The van der Waals surface area contributed by atoms with Gasteiger partial charge in [-0.1, -0.05) is 60.2 Å². The number of rotatable bonds is 4. The summed E-state index contributed by atoms with van der Waals surface area (Å²) >= 11 is 0. The third kappa shape index (κ3) is 3.11. The minimum Gasteiger partial charge on any atom is -0.507 e. The lowest BCUT2D eigenvalue weighted by molar-refractivity contribution is -0.140. The second-order valence-corrected chi connectivity index (χ2v) is 6.78. The number of likely N-dealkylation sites (tertiary alicyclic amines) is 1. The van der Waals surface area contributed by atoms with E-state index in [1.807, 2.05) is 37.3 Å². The van der Waals surface area contributed by atoms with E-state index >= 15 is 0 Å². The number of nitrogens with zero attached hydrogens (tertiary/aromatic N) is 1. The Morgan fingerprint density at radius 1 is 1.00 bits per heavy atom. The van der Waals surface area contributed by atoms with Gasteiger partial charge >= 0.3 is 0 Å². The molecular formula is C23H19NO4. The third-order valence-electron chi connectivity index (χ3n) is 4.89. The number of ketones is 1. The number of benzene rings is 2. The van der Waals surface area contributed by atoms with E-state index in [-0.39, 0.29) is 17.9 Å². The Kier molecular flexibility index (Phi) is 4.57. The number of Topliss-reactive ketones (excluding diaryl/α,β-unsaturated/α-hetero) is 1. The van der Waals surface area contributed by atoms with Gasteiger partial charge in [-0.15, -0.1) is 0 Å². The van der Waals surface area contributed by atoms with Crippen LogP contribution in [0.2, 0.25) is 0 Å². The number of hydrogen-bond acceptors (Lipinski definition) is 4. The molecule has 4 rings (SSSR count). The lowest BCUT2D eigenvalue weighted by Crippen LogP contribution is -2.29. The molecule has 140 valence electrons. The molecule has 0 radical (unpaired) electrons. The highest BCUT2D eigenvalue weighted by Crippen LogP contribution is 2.40. The van der Waals surface area contributed by atoms with E-state index in [4.69, 9.17) is 4.42 Å². The standard InChI is InChI=1S/C23H19NO4/c1-15-9-11-16(12-10-15)20-19(21(25)17-6-3-2-4-7-17)22(26)23(27)24(20)14-18-8-5-13-28-18/h2-13,20,25H,14H2,1H3/t20-/m1/s1. The van der Waals surface area contributed by atoms with Gasteiger partial charge in [0.05, 0.1) is 24.4 Å². The van der Waals surface area contributed by atoms with Crippen LogP contribution in [-0.2, 0) is 16.1 Å².